The molecule has 1 aliphatic heterocycles. The lowest BCUT2D eigenvalue weighted by Gasteiger charge is -2.26. The normalized spacial score (nSPS) is 17.9. The van der Waals surface area contributed by atoms with E-state index in [-0.39, 0.29) is 0 Å². The summed E-state index contributed by atoms with van der Waals surface area (Å²) in [6.07, 6.45) is 4.08. The van der Waals surface area contributed by atoms with Crippen molar-refractivity contribution in [2.45, 2.75) is 39.2 Å². The van der Waals surface area contributed by atoms with Gasteiger partial charge in [0.25, 0.3) is 0 Å². The van der Waals surface area contributed by atoms with Crippen LogP contribution in [0.1, 0.15) is 44.7 Å². The monoisotopic (exact) mass is 276 g/mol. The molecule has 1 aliphatic rings. The largest absolute Gasteiger partial charge is 0.492 e. The third kappa shape index (κ3) is 4.80. The van der Waals surface area contributed by atoms with Crippen molar-refractivity contribution in [2.75, 3.05) is 32.8 Å². The summed E-state index contributed by atoms with van der Waals surface area (Å²) in [5, 5.41) is 3.42. The summed E-state index contributed by atoms with van der Waals surface area (Å²) in [5.74, 6) is 0.981. The van der Waals surface area contributed by atoms with E-state index in [9.17, 15) is 0 Å². The van der Waals surface area contributed by atoms with E-state index in [2.05, 4.69) is 48.3 Å². The van der Waals surface area contributed by atoms with E-state index in [0.717, 1.165) is 25.4 Å². The summed E-state index contributed by atoms with van der Waals surface area (Å²) < 4.78 is 5.84. The Morgan fingerprint density at radius 3 is 2.50 bits per heavy atom. The van der Waals surface area contributed by atoms with E-state index >= 15 is 0 Å². The first-order chi connectivity index (χ1) is 9.79. The molecule has 3 heteroatoms. The highest BCUT2D eigenvalue weighted by molar-refractivity contribution is 5.28. The molecule has 1 unspecified atom stereocenters. The number of nitrogens with zero attached hydrogens (tertiary/aromatic N) is 1. The zero-order chi connectivity index (χ0) is 14.2. The van der Waals surface area contributed by atoms with Crippen LogP contribution in [0.2, 0.25) is 0 Å². The standard InChI is InChI=1S/C17H28N2O/c1-3-18-15(2)16-7-9-17(10-8-16)20-14-13-19-11-5-4-6-12-19/h7-10,15,18H,3-6,11-14H2,1-2H3. The fourth-order valence-electron chi connectivity index (χ4n) is 2.75. The van der Waals surface area contributed by atoms with Crippen LogP contribution in [0.5, 0.6) is 5.75 Å². The Hall–Kier alpha value is -1.06. The summed E-state index contributed by atoms with van der Waals surface area (Å²) in [6.45, 7) is 9.64. The van der Waals surface area contributed by atoms with Crippen molar-refractivity contribution >= 4 is 0 Å². The number of nitrogens with one attached hydrogen (secondary N) is 1. The molecule has 0 radical (unpaired) electrons. The third-order valence-corrected chi connectivity index (χ3v) is 4.02. The summed E-state index contributed by atoms with van der Waals surface area (Å²) in [6, 6.07) is 8.88. The highest BCUT2D eigenvalue weighted by Crippen LogP contribution is 2.17. The number of benzene rings is 1. The number of piperidine rings is 1. The number of ether oxygens (including phenoxy) is 1. The summed E-state index contributed by atoms with van der Waals surface area (Å²) in [4.78, 5) is 2.51. The molecule has 1 saturated heterocycles. The lowest BCUT2D eigenvalue weighted by atomic mass is 10.1. The molecule has 1 aromatic carbocycles. The van der Waals surface area contributed by atoms with Gasteiger partial charge in [-0.1, -0.05) is 25.5 Å². The van der Waals surface area contributed by atoms with E-state index in [1.165, 1.54) is 37.9 Å². The Morgan fingerprint density at radius 2 is 1.85 bits per heavy atom. The Kier molecular flexibility index (Phi) is 6.34. The van der Waals surface area contributed by atoms with Gasteiger partial charge in [0.05, 0.1) is 0 Å². The minimum absolute atomic E-state index is 0.405. The number of likely N-dealkylation sites (tertiary alicyclic amines) is 1. The molecule has 2 rings (SSSR count). The highest BCUT2D eigenvalue weighted by atomic mass is 16.5. The van der Waals surface area contributed by atoms with Crippen molar-refractivity contribution < 1.29 is 4.74 Å². The average Bonchev–Trinajstić information content (AvgIpc) is 2.49. The highest BCUT2D eigenvalue weighted by Gasteiger charge is 2.09. The molecular formula is C17H28N2O. The van der Waals surface area contributed by atoms with Crippen LogP contribution in [0.25, 0.3) is 0 Å². The Balaban J connectivity index is 1.73. The lowest BCUT2D eigenvalue weighted by molar-refractivity contribution is 0.183. The fraction of sp³-hybridized carbons (Fsp3) is 0.647. The fourth-order valence-corrected chi connectivity index (χ4v) is 2.75. The first kappa shape index (κ1) is 15.3. The zero-order valence-electron chi connectivity index (χ0n) is 12.9. The second kappa shape index (κ2) is 8.28. The minimum atomic E-state index is 0.405. The average molecular weight is 276 g/mol. The van der Waals surface area contributed by atoms with E-state index in [1.54, 1.807) is 0 Å². The summed E-state index contributed by atoms with van der Waals surface area (Å²) in [5.41, 5.74) is 1.32. The van der Waals surface area contributed by atoms with Crippen LogP contribution < -0.4 is 10.1 Å². The molecule has 1 N–H and O–H groups in total. The second-order valence-electron chi connectivity index (χ2n) is 5.60. The van der Waals surface area contributed by atoms with Crippen LogP contribution in [0.4, 0.5) is 0 Å². The maximum absolute atomic E-state index is 5.84. The Labute approximate surface area is 123 Å². The van der Waals surface area contributed by atoms with E-state index < -0.39 is 0 Å². The molecule has 0 amide bonds. The predicted molar refractivity (Wildman–Crippen MR) is 84.3 cm³/mol. The van der Waals surface area contributed by atoms with E-state index in [1.807, 2.05) is 0 Å². The molecular weight excluding hydrogens is 248 g/mol. The molecule has 0 saturated carbocycles. The van der Waals surface area contributed by atoms with Gasteiger partial charge in [0, 0.05) is 12.6 Å². The molecule has 0 spiro atoms. The van der Waals surface area contributed by atoms with Gasteiger partial charge in [-0.25, -0.2) is 0 Å². The molecule has 1 aromatic rings. The Bertz CT molecular complexity index is 371. The SMILES string of the molecule is CCNC(C)c1ccc(OCCN2CCCCC2)cc1. The Morgan fingerprint density at radius 1 is 1.15 bits per heavy atom. The molecule has 112 valence electrons. The maximum Gasteiger partial charge on any atom is 0.119 e. The second-order valence-corrected chi connectivity index (χ2v) is 5.60. The van der Waals surface area contributed by atoms with Crippen LogP contribution >= 0.6 is 0 Å². The maximum atomic E-state index is 5.84. The van der Waals surface area contributed by atoms with Gasteiger partial charge >= 0.3 is 0 Å². The smallest absolute Gasteiger partial charge is 0.119 e. The van der Waals surface area contributed by atoms with E-state index in [4.69, 9.17) is 4.74 Å². The van der Waals surface area contributed by atoms with Gasteiger partial charge < -0.3 is 10.1 Å². The van der Waals surface area contributed by atoms with Crippen LogP contribution in [-0.2, 0) is 0 Å². The molecule has 1 heterocycles. The molecule has 0 aromatic heterocycles. The molecule has 3 nitrogen and oxygen atoms in total. The van der Waals surface area contributed by atoms with Gasteiger partial charge in [0.2, 0.25) is 0 Å². The molecule has 20 heavy (non-hydrogen) atoms. The van der Waals surface area contributed by atoms with Gasteiger partial charge in [0.15, 0.2) is 0 Å². The topological polar surface area (TPSA) is 24.5 Å². The van der Waals surface area contributed by atoms with Gasteiger partial charge in [-0.3, -0.25) is 4.90 Å². The van der Waals surface area contributed by atoms with Crippen molar-refractivity contribution in [1.29, 1.82) is 0 Å². The van der Waals surface area contributed by atoms with Gasteiger partial charge in [-0.2, -0.15) is 0 Å². The van der Waals surface area contributed by atoms with Gasteiger partial charge in [-0.15, -0.1) is 0 Å². The van der Waals surface area contributed by atoms with Crippen LogP contribution in [0.15, 0.2) is 24.3 Å². The van der Waals surface area contributed by atoms with Crippen molar-refractivity contribution in [3.05, 3.63) is 29.8 Å². The van der Waals surface area contributed by atoms with Crippen LogP contribution in [0.3, 0.4) is 0 Å². The third-order valence-electron chi connectivity index (χ3n) is 4.02. The molecule has 1 atom stereocenters. The molecule has 0 bridgehead atoms. The van der Waals surface area contributed by atoms with Crippen LogP contribution in [0, 0.1) is 0 Å². The van der Waals surface area contributed by atoms with Crippen molar-refractivity contribution in [2.24, 2.45) is 0 Å². The van der Waals surface area contributed by atoms with Gasteiger partial charge in [-0.05, 0) is 57.1 Å². The first-order valence-corrected chi connectivity index (χ1v) is 7.98. The lowest BCUT2D eigenvalue weighted by Crippen LogP contribution is -2.33. The number of hydrogen-bond donors (Lipinski definition) is 1. The number of rotatable bonds is 7. The summed E-state index contributed by atoms with van der Waals surface area (Å²) >= 11 is 0. The molecule has 1 fully saturated rings. The number of hydrogen-bond acceptors (Lipinski definition) is 3. The molecule has 0 aliphatic carbocycles. The van der Waals surface area contributed by atoms with Crippen molar-refractivity contribution in [3.63, 3.8) is 0 Å². The first-order valence-electron chi connectivity index (χ1n) is 7.98. The van der Waals surface area contributed by atoms with Gasteiger partial charge in [0.1, 0.15) is 12.4 Å². The van der Waals surface area contributed by atoms with Crippen molar-refractivity contribution in [3.8, 4) is 5.75 Å². The van der Waals surface area contributed by atoms with E-state index in [0.29, 0.717) is 6.04 Å². The predicted octanol–water partition coefficient (Wildman–Crippen LogP) is 3.22. The van der Waals surface area contributed by atoms with Crippen LogP contribution in [-0.4, -0.2) is 37.7 Å². The summed E-state index contributed by atoms with van der Waals surface area (Å²) in [7, 11) is 0. The zero-order valence-corrected chi connectivity index (χ0v) is 12.9. The van der Waals surface area contributed by atoms with Crippen molar-refractivity contribution in [1.82, 2.24) is 10.2 Å². The quantitative estimate of drug-likeness (QED) is 0.827. The minimum Gasteiger partial charge on any atom is -0.492 e.